The van der Waals surface area contributed by atoms with E-state index in [2.05, 4.69) is 5.32 Å². The zero-order chi connectivity index (χ0) is 12.3. The van der Waals surface area contributed by atoms with Crippen molar-refractivity contribution in [3.05, 3.63) is 29.8 Å². The fourth-order valence-electron chi connectivity index (χ4n) is 2.17. The summed E-state index contributed by atoms with van der Waals surface area (Å²) >= 11 is 0. The first-order valence-electron chi connectivity index (χ1n) is 5.93. The summed E-state index contributed by atoms with van der Waals surface area (Å²) in [6, 6.07) is 6.98. The average Bonchev–Trinajstić information content (AvgIpc) is 2.81. The highest BCUT2D eigenvalue weighted by molar-refractivity contribution is 5.81. The molecule has 1 heterocycles. The number of aromatic hydroxyl groups is 1. The van der Waals surface area contributed by atoms with Gasteiger partial charge < -0.3 is 15.3 Å². The van der Waals surface area contributed by atoms with Crippen LogP contribution >= 0.6 is 0 Å². The first-order chi connectivity index (χ1) is 8.16. The number of phenols is 1. The Kier molecular flexibility index (Phi) is 3.64. The summed E-state index contributed by atoms with van der Waals surface area (Å²) in [6.07, 6.45) is 1.99. The van der Waals surface area contributed by atoms with E-state index in [1.165, 1.54) is 0 Å². The third kappa shape index (κ3) is 2.97. The zero-order valence-electron chi connectivity index (χ0n) is 10.0. The number of benzene rings is 1. The van der Waals surface area contributed by atoms with Gasteiger partial charge >= 0.3 is 0 Å². The zero-order valence-corrected chi connectivity index (χ0v) is 10.0. The van der Waals surface area contributed by atoms with Crippen LogP contribution in [0.15, 0.2) is 24.3 Å². The maximum atomic E-state index is 12.0. The summed E-state index contributed by atoms with van der Waals surface area (Å²) in [5.74, 6) is 0.369. The highest BCUT2D eigenvalue weighted by Crippen LogP contribution is 2.14. The number of nitrogens with one attached hydrogen (secondary N) is 1. The standard InChI is InChI=1S/C13H18N2O2/c1-15(13(17)12-6-3-7-14-12)9-10-4-2-5-11(16)8-10/h2,4-5,8,12,14,16H,3,6-7,9H2,1H3/t12-/m1/s1. The van der Waals surface area contributed by atoms with Gasteiger partial charge in [0.2, 0.25) is 5.91 Å². The molecule has 1 saturated heterocycles. The minimum atomic E-state index is -0.0303. The molecule has 1 fully saturated rings. The molecule has 0 unspecified atom stereocenters. The van der Waals surface area contributed by atoms with Crippen LogP contribution in [0.25, 0.3) is 0 Å². The Labute approximate surface area is 101 Å². The van der Waals surface area contributed by atoms with Gasteiger partial charge in [-0.15, -0.1) is 0 Å². The smallest absolute Gasteiger partial charge is 0.239 e. The predicted octanol–water partition coefficient (Wildman–Crippen LogP) is 1.10. The summed E-state index contributed by atoms with van der Waals surface area (Å²) in [4.78, 5) is 13.7. The quantitative estimate of drug-likeness (QED) is 0.823. The fraction of sp³-hybridized carbons (Fsp3) is 0.462. The maximum Gasteiger partial charge on any atom is 0.239 e. The number of hydrogen-bond donors (Lipinski definition) is 2. The lowest BCUT2D eigenvalue weighted by Gasteiger charge is -2.21. The predicted molar refractivity (Wildman–Crippen MR) is 65.6 cm³/mol. The van der Waals surface area contributed by atoms with Crippen molar-refractivity contribution in [2.75, 3.05) is 13.6 Å². The molecule has 0 aliphatic carbocycles. The van der Waals surface area contributed by atoms with Crippen molar-refractivity contribution in [3.63, 3.8) is 0 Å². The number of phenolic OH excluding ortho intramolecular Hbond substituents is 1. The van der Waals surface area contributed by atoms with Crippen molar-refractivity contribution in [3.8, 4) is 5.75 Å². The first-order valence-corrected chi connectivity index (χ1v) is 5.93. The van der Waals surface area contributed by atoms with Gasteiger partial charge in [-0.2, -0.15) is 0 Å². The third-order valence-corrected chi connectivity index (χ3v) is 3.06. The molecular weight excluding hydrogens is 216 g/mol. The molecule has 0 spiro atoms. The second-order valence-electron chi connectivity index (χ2n) is 4.51. The van der Waals surface area contributed by atoms with E-state index >= 15 is 0 Å². The van der Waals surface area contributed by atoms with E-state index in [0.29, 0.717) is 6.54 Å². The highest BCUT2D eigenvalue weighted by atomic mass is 16.3. The molecule has 4 heteroatoms. The first kappa shape index (κ1) is 11.9. The molecule has 4 nitrogen and oxygen atoms in total. The number of amides is 1. The van der Waals surface area contributed by atoms with Crippen molar-refractivity contribution in [1.82, 2.24) is 10.2 Å². The molecule has 1 aliphatic heterocycles. The number of likely N-dealkylation sites (N-methyl/N-ethyl adjacent to an activating group) is 1. The number of hydrogen-bond acceptors (Lipinski definition) is 3. The van der Waals surface area contributed by atoms with Gasteiger partial charge in [0.1, 0.15) is 5.75 Å². The average molecular weight is 234 g/mol. The van der Waals surface area contributed by atoms with Gasteiger partial charge in [0, 0.05) is 13.6 Å². The summed E-state index contributed by atoms with van der Waals surface area (Å²) < 4.78 is 0. The number of carbonyl (C=O) groups excluding carboxylic acids is 1. The molecule has 0 bridgehead atoms. The Morgan fingerprint density at radius 3 is 3.06 bits per heavy atom. The molecule has 0 radical (unpaired) electrons. The van der Waals surface area contributed by atoms with Crippen molar-refractivity contribution < 1.29 is 9.90 Å². The lowest BCUT2D eigenvalue weighted by Crippen LogP contribution is -2.41. The van der Waals surface area contributed by atoms with E-state index in [1.54, 1.807) is 30.1 Å². The maximum absolute atomic E-state index is 12.0. The van der Waals surface area contributed by atoms with Gasteiger partial charge in [-0.25, -0.2) is 0 Å². The van der Waals surface area contributed by atoms with E-state index in [4.69, 9.17) is 0 Å². The molecule has 1 aromatic carbocycles. The molecule has 17 heavy (non-hydrogen) atoms. The second kappa shape index (κ2) is 5.19. The topological polar surface area (TPSA) is 52.6 Å². The van der Waals surface area contributed by atoms with Crippen molar-refractivity contribution in [1.29, 1.82) is 0 Å². The van der Waals surface area contributed by atoms with E-state index in [1.807, 2.05) is 6.07 Å². The molecule has 2 rings (SSSR count). The summed E-state index contributed by atoms with van der Waals surface area (Å²) in [5.41, 5.74) is 0.943. The number of rotatable bonds is 3. The van der Waals surface area contributed by atoms with Crippen LogP contribution in [-0.2, 0) is 11.3 Å². The van der Waals surface area contributed by atoms with E-state index in [0.717, 1.165) is 24.9 Å². The summed E-state index contributed by atoms with van der Waals surface area (Å²) in [5, 5.41) is 12.6. The third-order valence-electron chi connectivity index (χ3n) is 3.06. The Balaban J connectivity index is 1.96. The summed E-state index contributed by atoms with van der Waals surface area (Å²) in [7, 11) is 1.80. The van der Waals surface area contributed by atoms with E-state index < -0.39 is 0 Å². The lowest BCUT2D eigenvalue weighted by atomic mass is 10.1. The molecule has 92 valence electrons. The van der Waals surface area contributed by atoms with Crippen LogP contribution in [0.2, 0.25) is 0 Å². The summed E-state index contributed by atoms with van der Waals surface area (Å²) in [6.45, 7) is 1.46. The van der Waals surface area contributed by atoms with Gasteiger partial charge in [0.15, 0.2) is 0 Å². The lowest BCUT2D eigenvalue weighted by molar-refractivity contribution is -0.132. The molecular formula is C13H18N2O2. The van der Waals surface area contributed by atoms with Gasteiger partial charge in [0.25, 0.3) is 0 Å². The van der Waals surface area contributed by atoms with Crippen LogP contribution < -0.4 is 5.32 Å². The van der Waals surface area contributed by atoms with Crippen LogP contribution in [-0.4, -0.2) is 35.5 Å². The molecule has 1 amide bonds. The van der Waals surface area contributed by atoms with Crippen molar-refractivity contribution >= 4 is 5.91 Å². The highest BCUT2D eigenvalue weighted by Gasteiger charge is 2.24. The van der Waals surface area contributed by atoms with Crippen molar-refractivity contribution in [2.45, 2.75) is 25.4 Å². The van der Waals surface area contributed by atoms with Gasteiger partial charge in [-0.05, 0) is 37.1 Å². The SMILES string of the molecule is CN(Cc1cccc(O)c1)C(=O)[C@H]1CCCN1. The largest absolute Gasteiger partial charge is 0.508 e. The van der Waals surface area contributed by atoms with E-state index in [-0.39, 0.29) is 17.7 Å². The monoisotopic (exact) mass is 234 g/mol. The minimum absolute atomic E-state index is 0.0303. The van der Waals surface area contributed by atoms with Gasteiger partial charge in [-0.3, -0.25) is 4.79 Å². The van der Waals surface area contributed by atoms with Crippen LogP contribution in [0.4, 0.5) is 0 Å². The Morgan fingerprint density at radius 2 is 2.41 bits per heavy atom. The van der Waals surface area contributed by atoms with Crippen LogP contribution in [0, 0.1) is 0 Å². The second-order valence-corrected chi connectivity index (χ2v) is 4.51. The Bertz CT molecular complexity index is 400. The molecule has 1 aliphatic rings. The molecule has 0 aromatic heterocycles. The normalized spacial score (nSPS) is 19.2. The van der Waals surface area contributed by atoms with Crippen LogP contribution in [0.1, 0.15) is 18.4 Å². The molecule has 1 aromatic rings. The van der Waals surface area contributed by atoms with Crippen LogP contribution in [0.3, 0.4) is 0 Å². The van der Waals surface area contributed by atoms with Crippen molar-refractivity contribution in [2.24, 2.45) is 0 Å². The Hall–Kier alpha value is -1.55. The molecule has 1 atom stereocenters. The minimum Gasteiger partial charge on any atom is -0.508 e. The number of carbonyl (C=O) groups is 1. The number of nitrogens with zero attached hydrogens (tertiary/aromatic N) is 1. The molecule has 2 N–H and O–H groups in total. The fourth-order valence-corrected chi connectivity index (χ4v) is 2.17. The van der Waals surface area contributed by atoms with Gasteiger partial charge in [-0.1, -0.05) is 12.1 Å². The van der Waals surface area contributed by atoms with E-state index in [9.17, 15) is 9.90 Å². The molecule has 0 saturated carbocycles. The Morgan fingerprint density at radius 1 is 1.59 bits per heavy atom. The van der Waals surface area contributed by atoms with Crippen LogP contribution in [0.5, 0.6) is 5.75 Å². The van der Waals surface area contributed by atoms with Gasteiger partial charge in [0.05, 0.1) is 6.04 Å².